The summed E-state index contributed by atoms with van der Waals surface area (Å²) in [5.41, 5.74) is 2.97. The zero-order chi connectivity index (χ0) is 21.3. The Morgan fingerprint density at radius 1 is 1.10 bits per heavy atom. The fraction of sp³-hybridized carbons (Fsp3) is 0.273. The molecular formula is C22H22N2O5S. The van der Waals surface area contributed by atoms with E-state index < -0.39 is 16.0 Å². The van der Waals surface area contributed by atoms with Crippen LogP contribution < -0.4 is 0 Å². The van der Waals surface area contributed by atoms with E-state index in [4.69, 9.17) is 4.74 Å². The van der Waals surface area contributed by atoms with Gasteiger partial charge in [-0.15, -0.1) is 0 Å². The molecule has 1 aliphatic heterocycles. The van der Waals surface area contributed by atoms with Gasteiger partial charge in [-0.25, -0.2) is 18.2 Å². The summed E-state index contributed by atoms with van der Waals surface area (Å²) in [5.74, 6) is -1.13. The highest BCUT2D eigenvalue weighted by Crippen LogP contribution is 2.28. The van der Waals surface area contributed by atoms with E-state index in [1.165, 1.54) is 28.1 Å². The summed E-state index contributed by atoms with van der Waals surface area (Å²) < 4.78 is 32.5. The van der Waals surface area contributed by atoms with Gasteiger partial charge in [-0.2, -0.15) is 4.31 Å². The molecule has 0 radical (unpaired) electrons. The van der Waals surface area contributed by atoms with Crippen molar-refractivity contribution in [3.05, 3.63) is 59.7 Å². The fourth-order valence-electron chi connectivity index (χ4n) is 3.54. The Hall–Kier alpha value is -2.81. The minimum absolute atomic E-state index is 0.0218. The predicted molar refractivity (Wildman–Crippen MR) is 113 cm³/mol. The molecule has 0 amide bonds. The molecule has 0 atom stereocenters. The lowest BCUT2D eigenvalue weighted by Crippen LogP contribution is -2.40. The van der Waals surface area contributed by atoms with Crippen molar-refractivity contribution >= 4 is 26.9 Å². The van der Waals surface area contributed by atoms with Gasteiger partial charge >= 0.3 is 5.97 Å². The maximum atomic E-state index is 13.0. The minimum Gasteiger partial charge on any atom is -0.478 e. The third-order valence-electron chi connectivity index (χ3n) is 5.28. The van der Waals surface area contributed by atoms with E-state index in [2.05, 4.69) is 11.9 Å². The summed E-state index contributed by atoms with van der Waals surface area (Å²) in [6.07, 6.45) is 0.909. The number of nitrogens with zero attached hydrogens (tertiary/aromatic N) is 2. The van der Waals surface area contributed by atoms with Gasteiger partial charge in [-0.3, -0.25) is 0 Å². The van der Waals surface area contributed by atoms with Gasteiger partial charge in [0, 0.05) is 24.0 Å². The molecule has 1 fully saturated rings. The lowest BCUT2D eigenvalue weighted by atomic mass is 10.0. The van der Waals surface area contributed by atoms with Crippen molar-refractivity contribution in [3.63, 3.8) is 0 Å². The molecule has 1 saturated heterocycles. The van der Waals surface area contributed by atoms with E-state index in [1.807, 2.05) is 24.3 Å². The molecule has 2 aromatic carbocycles. The van der Waals surface area contributed by atoms with Crippen molar-refractivity contribution in [2.24, 2.45) is 0 Å². The number of rotatable bonds is 5. The molecule has 1 aliphatic rings. The molecule has 156 valence electrons. The largest absolute Gasteiger partial charge is 0.478 e. The average molecular weight is 426 g/mol. The maximum absolute atomic E-state index is 13.0. The van der Waals surface area contributed by atoms with Gasteiger partial charge in [-0.1, -0.05) is 31.2 Å². The van der Waals surface area contributed by atoms with Crippen molar-refractivity contribution in [1.29, 1.82) is 0 Å². The lowest BCUT2D eigenvalue weighted by molar-refractivity contribution is 0.0699. The molecule has 4 rings (SSSR count). The Balaban J connectivity index is 1.82. The van der Waals surface area contributed by atoms with Crippen molar-refractivity contribution in [2.75, 3.05) is 26.3 Å². The molecule has 0 unspecified atom stereocenters. The number of pyridine rings is 1. The third kappa shape index (κ3) is 3.81. The van der Waals surface area contributed by atoms with Crippen LogP contribution in [-0.4, -0.2) is 55.1 Å². The molecular weight excluding hydrogens is 404 g/mol. The van der Waals surface area contributed by atoms with E-state index >= 15 is 0 Å². The van der Waals surface area contributed by atoms with Gasteiger partial charge in [0.1, 0.15) is 0 Å². The number of carboxylic acid groups (broad SMARTS) is 1. The molecule has 7 nitrogen and oxygen atoms in total. The highest BCUT2D eigenvalue weighted by atomic mass is 32.2. The maximum Gasteiger partial charge on any atom is 0.336 e. The number of hydrogen-bond donors (Lipinski definition) is 1. The molecule has 0 spiro atoms. The van der Waals surface area contributed by atoms with Crippen LogP contribution in [0.1, 0.15) is 22.8 Å². The number of benzene rings is 2. The Morgan fingerprint density at radius 3 is 2.43 bits per heavy atom. The number of aromatic nitrogens is 1. The van der Waals surface area contributed by atoms with Crippen LogP contribution in [0.2, 0.25) is 0 Å². The number of morpholine rings is 1. The minimum atomic E-state index is -3.73. The summed E-state index contributed by atoms with van der Waals surface area (Å²) in [5, 5.41) is 10.1. The van der Waals surface area contributed by atoms with Crippen molar-refractivity contribution in [3.8, 4) is 11.3 Å². The van der Waals surface area contributed by atoms with Crippen LogP contribution >= 0.6 is 0 Å². The van der Waals surface area contributed by atoms with Crippen molar-refractivity contribution in [1.82, 2.24) is 9.29 Å². The first-order chi connectivity index (χ1) is 14.4. The molecule has 0 aliphatic carbocycles. The van der Waals surface area contributed by atoms with Crippen LogP contribution in [0.4, 0.5) is 0 Å². The fourth-order valence-corrected chi connectivity index (χ4v) is 4.97. The van der Waals surface area contributed by atoms with Crippen LogP contribution in [0.15, 0.2) is 53.4 Å². The topological polar surface area (TPSA) is 96.8 Å². The quantitative estimate of drug-likeness (QED) is 0.673. The summed E-state index contributed by atoms with van der Waals surface area (Å²) in [6.45, 7) is 3.30. The average Bonchev–Trinajstić information content (AvgIpc) is 2.78. The molecule has 1 aromatic heterocycles. The molecule has 0 saturated carbocycles. The first-order valence-electron chi connectivity index (χ1n) is 9.75. The smallest absolute Gasteiger partial charge is 0.336 e. The van der Waals surface area contributed by atoms with Crippen molar-refractivity contribution < 1.29 is 23.1 Å². The summed E-state index contributed by atoms with van der Waals surface area (Å²) in [4.78, 5) is 16.6. The standard InChI is InChI=1S/C22H22N2O5S/c1-2-15-3-5-16(6-4-15)21-14-19(22(25)26)18-13-17(7-8-20(18)23-21)30(27,28)24-9-11-29-12-10-24/h3-8,13-14H,2,9-12H2,1H3,(H,25,26). The number of aromatic carboxylic acids is 1. The van der Waals surface area contributed by atoms with Gasteiger partial charge in [0.25, 0.3) is 0 Å². The van der Waals surface area contributed by atoms with E-state index in [0.29, 0.717) is 29.8 Å². The number of carbonyl (C=O) groups is 1. The number of hydrogen-bond acceptors (Lipinski definition) is 5. The second-order valence-corrected chi connectivity index (χ2v) is 9.04. The summed E-state index contributed by atoms with van der Waals surface area (Å²) in [7, 11) is -3.73. The van der Waals surface area contributed by atoms with Gasteiger partial charge in [0.15, 0.2) is 0 Å². The first kappa shape index (κ1) is 20.5. The molecule has 1 N–H and O–H groups in total. The van der Waals surface area contributed by atoms with Gasteiger partial charge in [0.2, 0.25) is 10.0 Å². The Labute approximate surface area is 175 Å². The van der Waals surface area contributed by atoms with Crippen LogP contribution in [0.3, 0.4) is 0 Å². The number of carboxylic acids is 1. The third-order valence-corrected chi connectivity index (χ3v) is 7.17. The van der Waals surface area contributed by atoms with Gasteiger partial charge < -0.3 is 9.84 Å². The van der Waals surface area contributed by atoms with Gasteiger partial charge in [0.05, 0.1) is 34.9 Å². The Kier molecular flexibility index (Phi) is 5.55. The van der Waals surface area contributed by atoms with Crippen LogP contribution in [0.25, 0.3) is 22.2 Å². The number of ether oxygens (including phenoxy) is 1. The predicted octanol–water partition coefficient (Wildman–Crippen LogP) is 3.18. The number of sulfonamides is 1. The van der Waals surface area contributed by atoms with Gasteiger partial charge in [-0.05, 0) is 36.2 Å². The second kappa shape index (κ2) is 8.14. The normalized spacial score (nSPS) is 15.4. The highest BCUT2D eigenvalue weighted by Gasteiger charge is 2.27. The molecule has 2 heterocycles. The summed E-state index contributed by atoms with van der Waals surface area (Å²) >= 11 is 0. The molecule has 8 heteroatoms. The Morgan fingerprint density at radius 2 is 1.80 bits per heavy atom. The van der Waals surface area contributed by atoms with E-state index in [0.717, 1.165) is 12.0 Å². The molecule has 30 heavy (non-hydrogen) atoms. The summed E-state index contributed by atoms with van der Waals surface area (Å²) in [6, 6.07) is 13.7. The SMILES string of the molecule is CCc1ccc(-c2cc(C(=O)O)c3cc(S(=O)(=O)N4CCOCC4)ccc3n2)cc1. The van der Waals surface area contributed by atoms with E-state index in [9.17, 15) is 18.3 Å². The highest BCUT2D eigenvalue weighted by molar-refractivity contribution is 7.89. The first-order valence-corrected chi connectivity index (χ1v) is 11.2. The Bertz CT molecular complexity index is 1200. The molecule has 0 bridgehead atoms. The van der Waals surface area contributed by atoms with E-state index in [1.54, 1.807) is 6.07 Å². The molecule has 3 aromatic rings. The van der Waals surface area contributed by atoms with Crippen LogP contribution in [-0.2, 0) is 21.2 Å². The number of fused-ring (bicyclic) bond motifs is 1. The monoisotopic (exact) mass is 426 g/mol. The zero-order valence-electron chi connectivity index (χ0n) is 16.5. The van der Waals surface area contributed by atoms with Crippen LogP contribution in [0, 0.1) is 0 Å². The zero-order valence-corrected chi connectivity index (χ0v) is 17.4. The van der Waals surface area contributed by atoms with E-state index in [-0.39, 0.29) is 23.5 Å². The second-order valence-electron chi connectivity index (χ2n) is 7.11. The van der Waals surface area contributed by atoms with Crippen LogP contribution in [0.5, 0.6) is 0 Å². The number of aryl methyl sites for hydroxylation is 1. The van der Waals surface area contributed by atoms with Crippen molar-refractivity contribution in [2.45, 2.75) is 18.2 Å². The lowest BCUT2D eigenvalue weighted by Gasteiger charge is -2.26.